The van der Waals surface area contributed by atoms with Crippen LogP contribution in [0.1, 0.15) is 52.0 Å². The third-order valence-corrected chi connectivity index (χ3v) is 3.59. The fourth-order valence-corrected chi connectivity index (χ4v) is 2.38. The fraction of sp³-hybridized carbons (Fsp3) is 0.474. The lowest BCUT2D eigenvalue weighted by Gasteiger charge is -2.29. The van der Waals surface area contributed by atoms with Crippen LogP contribution in [0.3, 0.4) is 0 Å². The van der Waals surface area contributed by atoms with Gasteiger partial charge in [0, 0.05) is 19.4 Å². The van der Waals surface area contributed by atoms with Gasteiger partial charge in [0.2, 0.25) is 0 Å². The molecule has 1 heterocycles. The van der Waals surface area contributed by atoms with Gasteiger partial charge in [-0.3, -0.25) is 0 Å². The van der Waals surface area contributed by atoms with E-state index >= 15 is 0 Å². The molecule has 0 aromatic heterocycles. The number of hydrogen-bond donors (Lipinski definition) is 0. The topological polar surface area (TPSA) is 61.8 Å². The van der Waals surface area contributed by atoms with Gasteiger partial charge in [-0.15, -0.1) is 0 Å². The molecule has 5 heteroatoms. The van der Waals surface area contributed by atoms with E-state index in [0.29, 0.717) is 17.9 Å². The average molecular weight is 332 g/mol. The zero-order chi connectivity index (χ0) is 17.6. The van der Waals surface area contributed by atoms with E-state index in [1.54, 1.807) is 6.07 Å². The molecular weight excluding hydrogens is 308 g/mol. The van der Waals surface area contributed by atoms with Crippen LogP contribution in [0.5, 0.6) is 5.75 Å². The number of unbranched alkanes of at least 4 members (excludes halogenated alkanes) is 3. The standard InChI is InChI=1S/C19H24O5/c1-4-5-6-9-12-22-16-11-8-7-10-14(16)13-15-17(20)23-19(2,3)24-18(15)21/h7-8,10-11,13H,4-6,9,12H2,1-3H3. The van der Waals surface area contributed by atoms with Crippen LogP contribution >= 0.6 is 0 Å². The Bertz CT molecular complexity index is 608. The van der Waals surface area contributed by atoms with Crippen LogP contribution in [0, 0.1) is 0 Å². The van der Waals surface area contributed by atoms with Gasteiger partial charge in [0.1, 0.15) is 11.3 Å². The summed E-state index contributed by atoms with van der Waals surface area (Å²) in [7, 11) is 0. The Balaban J connectivity index is 2.11. The second kappa shape index (κ2) is 7.99. The Hall–Kier alpha value is -2.30. The highest BCUT2D eigenvalue weighted by atomic mass is 16.7. The van der Waals surface area contributed by atoms with E-state index in [4.69, 9.17) is 14.2 Å². The summed E-state index contributed by atoms with van der Waals surface area (Å²) in [4.78, 5) is 24.1. The van der Waals surface area contributed by atoms with Gasteiger partial charge < -0.3 is 14.2 Å². The first-order valence-corrected chi connectivity index (χ1v) is 8.33. The van der Waals surface area contributed by atoms with E-state index in [1.165, 1.54) is 32.8 Å². The maximum atomic E-state index is 12.0. The largest absolute Gasteiger partial charge is 0.493 e. The fourth-order valence-electron chi connectivity index (χ4n) is 2.38. The molecule has 5 nitrogen and oxygen atoms in total. The molecular formula is C19H24O5. The van der Waals surface area contributed by atoms with Gasteiger partial charge in [0.05, 0.1) is 6.61 Å². The van der Waals surface area contributed by atoms with Crippen molar-refractivity contribution >= 4 is 18.0 Å². The van der Waals surface area contributed by atoms with E-state index in [2.05, 4.69) is 6.92 Å². The summed E-state index contributed by atoms with van der Waals surface area (Å²) in [6, 6.07) is 7.27. The Labute approximate surface area is 142 Å². The molecule has 1 aliphatic heterocycles. The van der Waals surface area contributed by atoms with Gasteiger partial charge in [-0.25, -0.2) is 9.59 Å². The van der Waals surface area contributed by atoms with Gasteiger partial charge in [-0.05, 0) is 18.6 Å². The molecule has 130 valence electrons. The smallest absolute Gasteiger partial charge is 0.348 e. The van der Waals surface area contributed by atoms with Crippen molar-refractivity contribution in [2.75, 3.05) is 6.61 Å². The van der Waals surface area contributed by atoms with Gasteiger partial charge in [-0.1, -0.05) is 44.4 Å². The lowest BCUT2D eigenvalue weighted by molar-refractivity contribution is -0.222. The van der Waals surface area contributed by atoms with Gasteiger partial charge in [0.25, 0.3) is 5.79 Å². The Morgan fingerprint density at radius 2 is 1.71 bits per heavy atom. The van der Waals surface area contributed by atoms with Crippen LogP contribution in [0.4, 0.5) is 0 Å². The van der Waals surface area contributed by atoms with Crippen molar-refractivity contribution in [1.29, 1.82) is 0 Å². The first-order chi connectivity index (χ1) is 11.4. The van der Waals surface area contributed by atoms with Crippen LogP contribution in [0.15, 0.2) is 29.8 Å². The number of esters is 2. The van der Waals surface area contributed by atoms with E-state index in [9.17, 15) is 9.59 Å². The third-order valence-electron chi connectivity index (χ3n) is 3.59. The molecule has 1 aromatic rings. The molecule has 0 amide bonds. The summed E-state index contributed by atoms with van der Waals surface area (Å²) in [6.45, 7) is 5.80. The molecule has 0 radical (unpaired) electrons. The number of cyclic esters (lactones) is 2. The zero-order valence-electron chi connectivity index (χ0n) is 14.5. The van der Waals surface area contributed by atoms with Crippen LogP contribution in [-0.2, 0) is 19.1 Å². The van der Waals surface area contributed by atoms with E-state index in [0.717, 1.165) is 12.8 Å². The van der Waals surface area contributed by atoms with Crippen molar-refractivity contribution in [2.24, 2.45) is 0 Å². The van der Waals surface area contributed by atoms with Gasteiger partial charge in [0.15, 0.2) is 0 Å². The number of carbonyl (C=O) groups is 2. The molecule has 0 bridgehead atoms. The summed E-state index contributed by atoms with van der Waals surface area (Å²) in [5, 5.41) is 0. The zero-order valence-corrected chi connectivity index (χ0v) is 14.5. The molecule has 0 spiro atoms. The van der Waals surface area contributed by atoms with Crippen molar-refractivity contribution in [2.45, 2.75) is 52.2 Å². The predicted octanol–water partition coefficient (Wildman–Crippen LogP) is 3.87. The van der Waals surface area contributed by atoms with Crippen molar-refractivity contribution in [3.8, 4) is 5.75 Å². The third kappa shape index (κ3) is 4.85. The Morgan fingerprint density at radius 1 is 1.04 bits per heavy atom. The van der Waals surface area contributed by atoms with Crippen molar-refractivity contribution in [3.05, 3.63) is 35.4 Å². The summed E-state index contributed by atoms with van der Waals surface area (Å²) in [5.74, 6) is -1.98. The molecule has 0 saturated carbocycles. The second-order valence-corrected chi connectivity index (χ2v) is 6.18. The van der Waals surface area contributed by atoms with Gasteiger partial charge in [-0.2, -0.15) is 0 Å². The first kappa shape index (κ1) is 18.0. The lowest BCUT2D eigenvalue weighted by atomic mass is 10.1. The van der Waals surface area contributed by atoms with E-state index in [1.807, 2.05) is 18.2 Å². The molecule has 1 fully saturated rings. The highest BCUT2D eigenvalue weighted by Crippen LogP contribution is 2.27. The quantitative estimate of drug-likeness (QED) is 0.328. The monoisotopic (exact) mass is 332 g/mol. The minimum absolute atomic E-state index is 0.128. The molecule has 1 aromatic carbocycles. The summed E-state index contributed by atoms with van der Waals surface area (Å²) >= 11 is 0. The molecule has 1 saturated heterocycles. The normalized spacial score (nSPS) is 16.4. The second-order valence-electron chi connectivity index (χ2n) is 6.18. The number of hydrogen-bond acceptors (Lipinski definition) is 5. The van der Waals surface area contributed by atoms with Crippen molar-refractivity contribution in [1.82, 2.24) is 0 Å². The highest BCUT2D eigenvalue weighted by Gasteiger charge is 2.38. The SMILES string of the molecule is CCCCCCOc1ccccc1C=C1C(=O)OC(C)(C)OC1=O. The molecule has 1 aliphatic rings. The predicted molar refractivity (Wildman–Crippen MR) is 90.3 cm³/mol. The minimum Gasteiger partial charge on any atom is -0.493 e. The summed E-state index contributed by atoms with van der Waals surface area (Å²) < 4.78 is 16.0. The number of carbonyl (C=O) groups excluding carboxylic acids is 2. The number of ether oxygens (including phenoxy) is 3. The number of para-hydroxylation sites is 1. The van der Waals surface area contributed by atoms with Crippen molar-refractivity contribution in [3.63, 3.8) is 0 Å². The van der Waals surface area contributed by atoms with Crippen molar-refractivity contribution < 1.29 is 23.8 Å². The Kier molecular flexibility index (Phi) is 6.01. The van der Waals surface area contributed by atoms with Crippen LogP contribution in [0.25, 0.3) is 6.08 Å². The molecule has 24 heavy (non-hydrogen) atoms. The van der Waals surface area contributed by atoms with Crippen LogP contribution in [0.2, 0.25) is 0 Å². The number of benzene rings is 1. The average Bonchev–Trinajstić information content (AvgIpc) is 2.51. The molecule has 2 rings (SSSR count). The maximum Gasteiger partial charge on any atom is 0.348 e. The summed E-state index contributed by atoms with van der Waals surface area (Å²) in [6.07, 6.45) is 5.90. The molecule has 0 N–H and O–H groups in total. The van der Waals surface area contributed by atoms with E-state index < -0.39 is 17.7 Å². The molecule has 0 atom stereocenters. The van der Waals surface area contributed by atoms with Crippen LogP contribution in [-0.4, -0.2) is 24.3 Å². The minimum atomic E-state index is -1.24. The summed E-state index contributed by atoms with van der Waals surface area (Å²) in [5.41, 5.74) is 0.521. The van der Waals surface area contributed by atoms with Gasteiger partial charge >= 0.3 is 11.9 Å². The maximum absolute atomic E-state index is 12.0. The first-order valence-electron chi connectivity index (χ1n) is 8.33. The number of rotatable bonds is 7. The Morgan fingerprint density at radius 3 is 2.38 bits per heavy atom. The highest BCUT2D eigenvalue weighted by molar-refractivity contribution is 6.19. The lowest BCUT2D eigenvalue weighted by Crippen LogP contribution is -2.41. The molecule has 0 aliphatic carbocycles. The van der Waals surface area contributed by atoms with E-state index in [-0.39, 0.29) is 5.57 Å². The molecule has 0 unspecified atom stereocenters. The van der Waals surface area contributed by atoms with Crippen LogP contribution < -0.4 is 4.74 Å².